The average molecular weight is 420 g/mol. The maximum atomic E-state index is 13.6. The summed E-state index contributed by atoms with van der Waals surface area (Å²) in [6, 6.07) is 2.40. The fourth-order valence-electron chi connectivity index (χ4n) is 2.47. The lowest BCUT2D eigenvalue weighted by Gasteiger charge is -2.36. The fraction of sp³-hybridized carbons (Fsp3) is 0.650. The van der Waals surface area contributed by atoms with Crippen LogP contribution < -0.4 is 9.74 Å². The van der Waals surface area contributed by atoms with Gasteiger partial charge in [-0.2, -0.15) is 13.2 Å². The third kappa shape index (κ3) is 6.81. The Kier molecular flexibility index (Phi) is 7.75. The Hall–Kier alpha value is -1.54. The molecule has 0 radical (unpaired) electrons. The predicted octanol–water partition coefficient (Wildman–Crippen LogP) is 5.76. The van der Waals surface area contributed by atoms with Gasteiger partial charge in [-0.1, -0.05) is 46.8 Å². The number of carboxylic acid groups (broad SMARTS) is 1. The van der Waals surface area contributed by atoms with Crippen molar-refractivity contribution >= 4 is 14.3 Å². The predicted molar refractivity (Wildman–Crippen MR) is 107 cm³/mol. The zero-order chi connectivity index (χ0) is 21.9. The van der Waals surface area contributed by atoms with Gasteiger partial charge in [0.1, 0.15) is 17.8 Å². The number of carboxylic acids is 1. The molecule has 0 aromatic heterocycles. The Labute approximate surface area is 166 Å². The largest absolute Gasteiger partial charge is 0.544 e. The van der Waals surface area contributed by atoms with E-state index in [9.17, 15) is 23.1 Å². The number of benzene rings is 1. The number of aliphatic carboxylic acids is 1. The number of hydrogen-bond acceptors (Lipinski definition) is 3. The third-order valence-corrected chi connectivity index (χ3v) is 9.45. The molecule has 0 aliphatic rings. The number of carbonyl (C=O) groups is 1. The molecule has 0 heterocycles. The highest BCUT2D eigenvalue weighted by Crippen LogP contribution is 2.38. The summed E-state index contributed by atoms with van der Waals surface area (Å²) in [6.07, 6.45) is -4.51. The fourth-order valence-corrected chi connectivity index (χ4v) is 3.50. The van der Waals surface area contributed by atoms with Crippen LogP contribution in [0.1, 0.15) is 52.6 Å². The van der Waals surface area contributed by atoms with Gasteiger partial charge in [0.25, 0.3) is 0 Å². The topological polar surface area (TPSA) is 58.6 Å². The molecule has 0 fully saturated rings. The first-order valence-electron chi connectivity index (χ1n) is 9.39. The van der Waals surface area contributed by atoms with Crippen LogP contribution in [0.25, 0.3) is 0 Å². The Balaban J connectivity index is 3.09. The van der Waals surface area contributed by atoms with Gasteiger partial charge in [-0.25, -0.2) is 0 Å². The normalized spacial score (nSPS) is 15.4. The van der Waals surface area contributed by atoms with Crippen molar-refractivity contribution in [3.8, 4) is 5.75 Å². The lowest BCUT2D eigenvalue weighted by molar-refractivity contribution is -0.163. The Morgan fingerprint density at radius 1 is 1.14 bits per heavy atom. The van der Waals surface area contributed by atoms with E-state index in [1.54, 1.807) is 13.8 Å². The van der Waals surface area contributed by atoms with Gasteiger partial charge in [-0.3, -0.25) is 10.1 Å². The summed E-state index contributed by atoms with van der Waals surface area (Å²) in [6.45, 7) is 13.9. The summed E-state index contributed by atoms with van der Waals surface area (Å²) >= 11 is 0. The van der Waals surface area contributed by atoms with Crippen LogP contribution in [0.2, 0.25) is 18.1 Å². The van der Waals surface area contributed by atoms with Crippen molar-refractivity contribution < 1.29 is 27.5 Å². The van der Waals surface area contributed by atoms with Crippen LogP contribution in [-0.2, 0) is 4.79 Å². The van der Waals surface area contributed by atoms with Gasteiger partial charge in [-0.15, -0.1) is 0 Å². The molecule has 0 aliphatic carbocycles. The number of hydrogen-bond donors (Lipinski definition) is 2. The van der Waals surface area contributed by atoms with Crippen molar-refractivity contribution in [2.24, 2.45) is 5.92 Å². The molecule has 8 heteroatoms. The molecule has 1 aromatic rings. The van der Waals surface area contributed by atoms with E-state index in [-0.39, 0.29) is 22.9 Å². The van der Waals surface area contributed by atoms with Crippen molar-refractivity contribution in [2.75, 3.05) is 0 Å². The summed E-state index contributed by atoms with van der Waals surface area (Å²) in [4.78, 5) is 11.4. The van der Waals surface area contributed by atoms with Crippen LogP contribution >= 0.6 is 0 Å². The second-order valence-corrected chi connectivity index (χ2v) is 13.8. The van der Waals surface area contributed by atoms with Crippen molar-refractivity contribution in [1.82, 2.24) is 5.32 Å². The van der Waals surface area contributed by atoms with Crippen LogP contribution in [0.15, 0.2) is 24.3 Å². The molecule has 0 amide bonds. The van der Waals surface area contributed by atoms with Crippen LogP contribution in [0.3, 0.4) is 0 Å². The van der Waals surface area contributed by atoms with Crippen molar-refractivity contribution in [3.63, 3.8) is 0 Å². The Bertz CT molecular complexity index is 652. The highest BCUT2D eigenvalue weighted by Gasteiger charge is 2.43. The van der Waals surface area contributed by atoms with E-state index in [1.807, 2.05) is 0 Å². The molecule has 0 unspecified atom stereocenters. The first-order chi connectivity index (χ1) is 12.5. The van der Waals surface area contributed by atoms with Gasteiger partial charge in [0.2, 0.25) is 8.32 Å². The first-order valence-corrected chi connectivity index (χ1v) is 12.3. The van der Waals surface area contributed by atoms with E-state index in [1.165, 1.54) is 24.3 Å². The monoisotopic (exact) mass is 419 g/mol. The zero-order valence-electron chi connectivity index (χ0n) is 17.6. The number of rotatable bonds is 8. The SMILES string of the molecule is CC(C)C[C@H](N[C@@H](c1ccc(O[Si](C)(C)C(C)(C)C)cc1)C(F)(F)F)C(=O)O. The summed E-state index contributed by atoms with van der Waals surface area (Å²) in [5.41, 5.74) is -0.0370. The summed E-state index contributed by atoms with van der Waals surface area (Å²) in [5, 5.41) is 11.5. The summed E-state index contributed by atoms with van der Waals surface area (Å²) in [5.74, 6) is -0.822. The second-order valence-electron chi connectivity index (χ2n) is 9.09. The second kappa shape index (κ2) is 8.86. The highest BCUT2D eigenvalue weighted by molar-refractivity contribution is 6.74. The van der Waals surface area contributed by atoms with Crippen LogP contribution in [0.5, 0.6) is 5.75 Å². The molecule has 28 heavy (non-hydrogen) atoms. The van der Waals surface area contributed by atoms with Crippen LogP contribution in [0, 0.1) is 5.92 Å². The van der Waals surface area contributed by atoms with Crippen molar-refractivity contribution in [3.05, 3.63) is 29.8 Å². The Morgan fingerprint density at radius 2 is 1.64 bits per heavy atom. The third-order valence-electron chi connectivity index (χ3n) is 5.09. The minimum Gasteiger partial charge on any atom is -0.544 e. The summed E-state index contributed by atoms with van der Waals surface area (Å²) < 4.78 is 46.9. The molecular weight excluding hydrogens is 387 g/mol. The zero-order valence-corrected chi connectivity index (χ0v) is 18.6. The molecule has 0 saturated carbocycles. The van der Waals surface area contributed by atoms with E-state index in [0.29, 0.717) is 5.75 Å². The maximum absolute atomic E-state index is 13.6. The summed E-state index contributed by atoms with van der Waals surface area (Å²) in [7, 11) is -2.10. The van der Waals surface area contributed by atoms with Gasteiger partial charge in [0, 0.05) is 0 Å². The highest BCUT2D eigenvalue weighted by atomic mass is 28.4. The smallest absolute Gasteiger partial charge is 0.407 e. The Morgan fingerprint density at radius 3 is 2.00 bits per heavy atom. The minimum absolute atomic E-state index is 0.0344. The number of halogens is 3. The molecule has 0 spiro atoms. The van der Waals surface area contributed by atoms with Gasteiger partial charge in [0.15, 0.2) is 0 Å². The maximum Gasteiger partial charge on any atom is 0.407 e. The lowest BCUT2D eigenvalue weighted by atomic mass is 10.00. The van der Waals surface area contributed by atoms with Gasteiger partial charge in [0.05, 0.1) is 0 Å². The standard InChI is InChI=1S/C20H32F3NO3Si/c1-13(2)12-16(18(25)26)24-17(20(21,22)23)14-8-10-15(11-9-14)27-28(6,7)19(3,4)5/h8-11,13,16-17,24H,12H2,1-7H3,(H,25,26)/t16-,17-/m0/s1. The molecule has 0 bridgehead atoms. The van der Waals surface area contributed by atoms with Gasteiger partial charge >= 0.3 is 12.1 Å². The van der Waals surface area contributed by atoms with E-state index < -0.39 is 32.5 Å². The molecule has 0 aliphatic heterocycles. The van der Waals surface area contributed by atoms with Gasteiger partial charge < -0.3 is 9.53 Å². The molecular formula is C20H32F3NO3Si. The molecule has 160 valence electrons. The average Bonchev–Trinajstić information content (AvgIpc) is 2.49. The molecule has 2 N–H and O–H groups in total. The quantitative estimate of drug-likeness (QED) is 0.526. The van der Waals surface area contributed by atoms with E-state index in [4.69, 9.17) is 4.43 Å². The lowest BCUT2D eigenvalue weighted by Crippen LogP contribution is -2.45. The van der Waals surface area contributed by atoms with Gasteiger partial charge in [-0.05, 0) is 48.2 Å². The number of alkyl halides is 3. The van der Waals surface area contributed by atoms with E-state index in [0.717, 1.165) is 0 Å². The number of nitrogens with one attached hydrogen (secondary N) is 1. The van der Waals surface area contributed by atoms with Crippen LogP contribution in [0.4, 0.5) is 13.2 Å². The van der Waals surface area contributed by atoms with E-state index in [2.05, 4.69) is 39.2 Å². The van der Waals surface area contributed by atoms with Crippen molar-refractivity contribution in [2.45, 2.75) is 77.4 Å². The molecule has 0 saturated heterocycles. The van der Waals surface area contributed by atoms with E-state index >= 15 is 0 Å². The van der Waals surface area contributed by atoms with Crippen LogP contribution in [-0.4, -0.2) is 31.6 Å². The first kappa shape index (κ1) is 24.5. The minimum atomic E-state index is -4.62. The molecule has 4 nitrogen and oxygen atoms in total. The molecule has 2 atom stereocenters. The molecule has 1 rings (SSSR count). The molecule has 1 aromatic carbocycles. The van der Waals surface area contributed by atoms with Crippen molar-refractivity contribution in [1.29, 1.82) is 0 Å².